The summed E-state index contributed by atoms with van der Waals surface area (Å²) in [5.74, 6) is 1.26. The van der Waals surface area contributed by atoms with Crippen LogP contribution in [0.15, 0.2) is 67.0 Å². The van der Waals surface area contributed by atoms with Crippen molar-refractivity contribution in [1.82, 2.24) is 15.0 Å². The summed E-state index contributed by atoms with van der Waals surface area (Å²) in [6, 6.07) is 18.4. The molecule has 2 N–H and O–H groups in total. The molecule has 0 aliphatic rings. The van der Waals surface area contributed by atoms with E-state index < -0.39 is 0 Å². The summed E-state index contributed by atoms with van der Waals surface area (Å²) in [7, 11) is 0. The lowest BCUT2D eigenvalue weighted by Gasteiger charge is -2.22. The predicted octanol–water partition coefficient (Wildman–Crippen LogP) is 5.67. The maximum Gasteiger partial charge on any atom is 0.229 e. The summed E-state index contributed by atoms with van der Waals surface area (Å²) < 4.78 is 0. The van der Waals surface area contributed by atoms with Crippen LogP contribution in [0.3, 0.4) is 0 Å². The van der Waals surface area contributed by atoms with Crippen molar-refractivity contribution >= 4 is 39.7 Å². The minimum Gasteiger partial charge on any atom is -0.372 e. The number of benzene rings is 2. The van der Waals surface area contributed by atoms with Gasteiger partial charge in [-0.2, -0.15) is 4.98 Å². The summed E-state index contributed by atoms with van der Waals surface area (Å²) in [6.45, 7) is 8.41. The quantitative estimate of drug-likeness (QED) is 0.418. The van der Waals surface area contributed by atoms with Crippen LogP contribution in [-0.2, 0) is 0 Å². The third-order valence-electron chi connectivity index (χ3n) is 5.10. The summed E-state index contributed by atoms with van der Waals surface area (Å²) in [5, 5.41) is 7.73. The number of nitrogens with one attached hydrogen (secondary N) is 2. The van der Waals surface area contributed by atoms with E-state index >= 15 is 0 Å². The maximum absolute atomic E-state index is 4.60. The molecule has 0 spiro atoms. The largest absolute Gasteiger partial charge is 0.372 e. The third kappa shape index (κ3) is 4.33. The molecule has 2 heterocycles. The third-order valence-corrected chi connectivity index (χ3v) is 5.10. The van der Waals surface area contributed by atoms with Gasteiger partial charge in [-0.15, -0.1) is 0 Å². The van der Waals surface area contributed by atoms with Crippen LogP contribution in [0.25, 0.3) is 10.9 Å². The number of rotatable bonds is 7. The number of para-hydroxylation sites is 1. The summed E-state index contributed by atoms with van der Waals surface area (Å²) in [4.78, 5) is 15.8. The Kier molecular flexibility index (Phi) is 5.75. The molecule has 4 rings (SSSR count). The van der Waals surface area contributed by atoms with E-state index in [0.29, 0.717) is 11.8 Å². The highest BCUT2D eigenvalue weighted by atomic mass is 15.1. The van der Waals surface area contributed by atoms with Gasteiger partial charge in [-0.3, -0.25) is 4.98 Å². The van der Waals surface area contributed by atoms with Gasteiger partial charge in [-0.05, 0) is 62.7 Å². The number of aromatic nitrogens is 3. The Morgan fingerprint density at radius 1 is 0.900 bits per heavy atom. The second-order valence-corrected chi connectivity index (χ2v) is 7.10. The molecule has 0 radical (unpaired) electrons. The summed E-state index contributed by atoms with van der Waals surface area (Å²) in [5.41, 5.74) is 5.23. The Morgan fingerprint density at radius 2 is 1.73 bits per heavy atom. The molecule has 0 bridgehead atoms. The van der Waals surface area contributed by atoms with Crippen LogP contribution in [0.5, 0.6) is 0 Å². The van der Waals surface area contributed by atoms with E-state index in [2.05, 4.69) is 75.5 Å². The van der Waals surface area contributed by atoms with Gasteiger partial charge in [0.2, 0.25) is 5.95 Å². The molecule has 152 valence electrons. The average molecular weight is 399 g/mol. The van der Waals surface area contributed by atoms with Crippen LogP contribution in [0.4, 0.5) is 28.8 Å². The molecule has 0 atom stereocenters. The number of hydrogen-bond donors (Lipinski definition) is 2. The molecule has 2 aromatic carbocycles. The van der Waals surface area contributed by atoms with Crippen LogP contribution in [0.2, 0.25) is 0 Å². The second kappa shape index (κ2) is 8.78. The Bertz CT molecular complexity index is 1150. The zero-order chi connectivity index (χ0) is 20.9. The van der Waals surface area contributed by atoms with E-state index in [-0.39, 0.29) is 0 Å². The molecular weight excluding hydrogens is 372 g/mol. The molecule has 2 aromatic heterocycles. The van der Waals surface area contributed by atoms with Crippen LogP contribution < -0.4 is 15.5 Å². The SMILES string of the molecule is CCN(CC)c1ccc(Nc2nccc(Nc3cnc4ccccc4c3)n2)c(C)c1. The van der Waals surface area contributed by atoms with Crippen molar-refractivity contribution in [3.8, 4) is 0 Å². The smallest absolute Gasteiger partial charge is 0.229 e. The molecule has 0 amide bonds. The molecule has 0 saturated carbocycles. The fourth-order valence-corrected chi connectivity index (χ4v) is 3.47. The highest BCUT2D eigenvalue weighted by molar-refractivity contribution is 5.82. The Labute approximate surface area is 177 Å². The van der Waals surface area contributed by atoms with E-state index in [4.69, 9.17) is 0 Å². The van der Waals surface area contributed by atoms with Crippen molar-refractivity contribution in [1.29, 1.82) is 0 Å². The summed E-state index contributed by atoms with van der Waals surface area (Å²) in [6.07, 6.45) is 3.55. The van der Waals surface area contributed by atoms with Crippen LogP contribution in [0, 0.1) is 6.92 Å². The van der Waals surface area contributed by atoms with Crippen molar-refractivity contribution in [2.75, 3.05) is 28.6 Å². The molecule has 6 heteroatoms. The topological polar surface area (TPSA) is 66.0 Å². The van der Waals surface area contributed by atoms with Gasteiger partial charge in [-0.25, -0.2) is 4.98 Å². The van der Waals surface area contributed by atoms with Crippen molar-refractivity contribution < 1.29 is 0 Å². The highest BCUT2D eigenvalue weighted by Crippen LogP contribution is 2.25. The zero-order valence-corrected chi connectivity index (χ0v) is 17.6. The number of hydrogen-bond acceptors (Lipinski definition) is 6. The Morgan fingerprint density at radius 3 is 2.53 bits per heavy atom. The first-order valence-corrected chi connectivity index (χ1v) is 10.2. The molecule has 0 aliphatic carbocycles. The maximum atomic E-state index is 4.60. The van der Waals surface area contributed by atoms with Gasteiger partial charge in [-0.1, -0.05) is 18.2 Å². The lowest BCUT2D eigenvalue weighted by molar-refractivity contribution is 0.866. The number of pyridine rings is 1. The molecule has 0 saturated heterocycles. The van der Waals surface area contributed by atoms with Gasteiger partial charge < -0.3 is 15.5 Å². The first-order chi connectivity index (χ1) is 14.7. The average Bonchev–Trinajstić information content (AvgIpc) is 2.77. The Balaban J connectivity index is 1.52. The van der Waals surface area contributed by atoms with E-state index in [1.807, 2.05) is 36.5 Å². The number of nitrogens with zero attached hydrogens (tertiary/aromatic N) is 4. The van der Waals surface area contributed by atoms with Gasteiger partial charge >= 0.3 is 0 Å². The molecule has 0 fully saturated rings. The summed E-state index contributed by atoms with van der Waals surface area (Å²) >= 11 is 0. The number of anilines is 5. The van der Waals surface area contributed by atoms with Gasteiger partial charge in [0.25, 0.3) is 0 Å². The lowest BCUT2D eigenvalue weighted by atomic mass is 10.1. The molecule has 30 heavy (non-hydrogen) atoms. The normalized spacial score (nSPS) is 10.8. The van der Waals surface area contributed by atoms with E-state index in [0.717, 1.165) is 40.9 Å². The zero-order valence-electron chi connectivity index (χ0n) is 17.6. The van der Waals surface area contributed by atoms with Crippen molar-refractivity contribution in [2.24, 2.45) is 0 Å². The lowest BCUT2D eigenvalue weighted by Crippen LogP contribution is -2.21. The van der Waals surface area contributed by atoms with Crippen molar-refractivity contribution in [3.63, 3.8) is 0 Å². The predicted molar refractivity (Wildman–Crippen MR) is 125 cm³/mol. The monoisotopic (exact) mass is 398 g/mol. The van der Waals surface area contributed by atoms with Gasteiger partial charge in [0.05, 0.1) is 17.4 Å². The fourth-order valence-electron chi connectivity index (χ4n) is 3.47. The van der Waals surface area contributed by atoms with Crippen LogP contribution in [-0.4, -0.2) is 28.0 Å². The first kappa shape index (κ1) is 19.6. The van der Waals surface area contributed by atoms with Crippen LogP contribution in [0.1, 0.15) is 19.4 Å². The van der Waals surface area contributed by atoms with Gasteiger partial charge in [0.1, 0.15) is 5.82 Å². The first-order valence-electron chi connectivity index (χ1n) is 10.2. The minimum absolute atomic E-state index is 0.549. The van der Waals surface area contributed by atoms with E-state index in [9.17, 15) is 0 Å². The number of fused-ring (bicyclic) bond motifs is 1. The van der Waals surface area contributed by atoms with Crippen molar-refractivity contribution in [2.45, 2.75) is 20.8 Å². The second-order valence-electron chi connectivity index (χ2n) is 7.10. The van der Waals surface area contributed by atoms with Crippen LogP contribution >= 0.6 is 0 Å². The standard InChI is InChI=1S/C24H26N6/c1-4-30(5-2)20-10-11-21(17(3)14-20)28-24-25-13-12-23(29-24)27-19-15-18-8-6-7-9-22(18)26-16-19/h6-16H,4-5H2,1-3H3,(H2,25,27,28,29). The molecular formula is C24H26N6. The van der Waals surface area contributed by atoms with Crippen molar-refractivity contribution in [3.05, 3.63) is 72.6 Å². The molecule has 0 unspecified atom stereocenters. The molecule has 0 aliphatic heterocycles. The number of aryl methyl sites for hydroxylation is 1. The fraction of sp³-hybridized carbons (Fsp3) is 0.208. The van der Waals surface area contributed by atoms with E-state index in [1.54, 1.807) is 6.20 Å². The minimum atomic E-state index is 0.549. The molecule has 6 nitrogen and oxygen atoms in total. The Hall–Kier alpha value is -3.67. The van der Waals surface area contributed by atoms with E-state index in [1.165, 1.54) is 5.69 Å². The van der Waals surface area contributed by atoms with Gasteiger partial charge in [0, 0.05) is 36.0 Å². The molecule has 4 aromatic rings. The van der Waals surface area contributed by atoms with Gasteiger partial charge in [0.15, 0.2) is 0 Å². The highest BCUT2D eigenvalue weighted by Gasteiger charge is 2.07.